The third kappa shape index (κ3) is 6.13. The van der Waals surface area contributed by atoms with Crippen LogP contribution in [0.5, 0.6) is 0 Å². The number of carbonyl (C=O) groups is 1. The van der Waals surface area contributed by atoms with E-state index >= 15 is 0 Å². The van der Waals surface area contributed by atoms with Crippen LogP contribution in [0, 0.1) is 0 Å². The van der Waals surface area contributed by atoms with Crippen LogP contribution in [0.2, 0.25) is 0 Å². The van der Waals surface area contributed by atoms with Gasteiger partial charge in [-0.1, -0.05) is 31.9 Å². The number of aryl methyl sites for hydroxylation is 1. The molecule has 2 rings (SSSR count). The average Bonchev–Trinajstić information content (AvgIpc) is 2.58. The number of hydrogen-bond acceptors (Lipinski definition) is 3. The lowest BCUT2D eigenvalue weighted by molar-refractivity contribution is -0.0120. The van der Waals surface area contributed by atoms with Crippen LogP contribution >= 0.6 is 0 Å². The predicted molar refractivity (Wildman–Crippen MR) is 98.4 cm³/mol. The highest BCUT2D eigenvalue weighted by Gasteiger charge is 2.31. The molecule has 0 spiro atoms. The average molecular weight is 333 g/mol. The molecule has 1 aromatic carbocycles. The van der Waals surface area contributed by atoms with Crippen molar-refractivity contribution in [2.75, 3.05) is 32.0 Å². The van der Waals surface area contributed by atoms with E-state index in [9.17, 15) is 9.90 Å². The van der Waals surface area contributed by atoms with Gasteiger partial charge in [-0.15, -0.1) is 0 Å². The second-order valence-electron chi connectivity index (χ2n) is 6.99. The van der Waals surface area contributed by atoms with Gasteiger partial charge < -0.3 is 20.6 Å². The van der Waals surface area contributed by atoms with Gasteiger partial charge in [0.25, 0.3) is 0 Å². The molecule has 1 aromatic rings. The molecule has 5 nitrogen and oxygen atoms in total. The van der Waals surface area contributed by atoms with Crippen molar-refractivity contribution in [3.8, 4) is 0 Å². The summed E-state index contributed by atoms with van der Waals surface area (Å²) in [5.41, 5.74) is 1.30. The number of benzene rings is 1. The number of anilines is 1. The highest BCUT2D eigenvalue weighted by Crippen LogP contribution is 2.20. The minimum absolute atomic E-state index is 0.263. The first-order valence-corrected chi connectivity index (χ1v) is 9.05. The van der Waals surface area contributed by atoms with Crippen LogP contribution in [-0.2, 0) is 6.42 Å². The number of nitrogens with one attached hydrogen (secondary N) is 2. The Kier molecular flexibility index (Phi) is 7.06. The summed E-state index contributed by atoms with van der Waals surface area (Å²) in [7, 11) is 2.05. The van der Waals surface area contributed by atoms with E-state index in [0.717, 1.165) is 25.2 Å². The van der Waals surface area contributed by atoms with Crippen LogP contribution in [0.25, 0.3) is 0 Å². The second kappa shape index (κ2) is 9.04. The van der Waals surface area contributed by atoms with E-state index in [1.807, 2.05) is 19.2 Å². The molecule has 2 amide bonds. The van der Waals surface area contributed by atoms with Gasteiger partial charge in [0.2, 0.25) is 0 Å². The summed E-state index contributed by atoms with van der Waals surface area (Å²) in [6.45, 7) is 4.22. The maximum absolute atomic E-state index is 12.0. The minimum Gasteiger partial charge on any atom is -0.388 e. The molecule has 134 valence electrons. The van der Waals surface area contributed by atoms with Gasteiger partial charge in [0.1, 0.15) is 0 Å². The zero-order chi connectivity index (χ0) is 17.4. The molecule has 5 heteroatoms. The van der Waals surface area contributed by atoms with Crippen LogP contribution in [-0.4, -0.2) is 48.3 Å². The monoisotopic (exact) mass is 333 g/mol. The number of amides is 2. The molecule has 1 fully saturated rings. The molecular formula is C19H31N3O2. The van der Waals surface area contributed by atoms with Crippen LogP contribution in [0.3, 0.4) is 0 Å². The lowest BCUT2D eigenvalue weighted by Crippen LogP contribution is -2.50. The Bertz CT molecular complexity index is 508. The van der Waals surface area contributed by atoms with E-state index < -0.39 is 5.60 Å². The van der Waals surface area contributed by atoms with Gasteiger partial charge in [0.05, 0.1) is 5.60 Å². The molecule has 0 aliphatic carbocycles. The van der Waals surface area contributed by atoms with Crippen molar-refractivity contribution in [1.29, 1.82) is 0 Å². The molecule has 0 bridgehead atoms. The molecule has 0 atom stereocenters. The van der Waals surface area contributed by atoms with Crippen LogP contribution in [0.4, 0.5) is 10.5 Å². The summed E-state index contributed by atoms with van der Waals surface area (Å²) in [5.74, 6) is 0. The number of carbonyl (C=O) groups excluding carboxylic acids is 1. The molecule has 1 saturated heterocycles. The van der Waals surface area contributed by atoms with Crippen LogP contribution in [0.15, 0.2) is 24.3 Å². The Morgan fingerprint density at radius 2 is 1.88 bits per heavy atom. The molecule has 0 saturated carbocycles. The summed E-state index contributed by atoms with van der Waals surface area (Å²) < 4.78 is 0. The molecule has 0 radical (unpaired) electrons. The normalized spacial score (nSPS) is 17.5. The quantitative estimate of drug-likeness (QED) is 0.672. The number of urea groups is 1. The third-order valence-corrected chi connectivity index (χ3v) is 4.78. The smallest absolute Gasteiger partial charge is 0.319 e. The number of nitrogens with zero attached hydrogens (tertiary/aromatic N) is 1. The topological polar surface area (TPSA) is 64.6 Å². The van der Waals surface area contributed by atoms with Crippen molar-refractivity contribution < 1.29 is 9.90 Å². The lowest BCUT2D eigenvalue weighted by Gasteiger charge is -2.36. The van der Waals surface area contributed by atoms with Crippen molar-refractivity contribution in [3.05, 3.63) is 29.8 Å². The molecule has 1 aliphatic rings. The van der Waals surface area contributed by atoms with E-state index in [-0.39, 0.29) is 6.03 Å². The van der Waals surface area contributed by atoms with E-state index in [4.69, 9.17) is 0 Å². The van der Waals surface area contributed by atoms with Crippen molar-refractivity contribution >= 4 is 11.7 Å². The number of likely N-dealkylation sites (tertiary alicyclic amines) is 1. The lowest BCUT2D eigenvalue weighted by atomic mass is 9.92. The molecular weight excluding hydrogens is 302 g/mol. The Morgan fingerprint density at radius 3 is 2.50 bits per heavy atom. The van der Waals surface area contributed by atoms with E-state index in [2.05, 4.69) is 34.6 Å². The summed E-state index contributed by atoms with van der Waals surface area (Å²) in [6.07, 6.45) is 6.15. The summed E-state index contributed by atoms with van der Waals surface area (Å²) >= 11 is 0. The highest BCUT2D eigenvalue weighted by atomic mass is 16.3. The molecule has 1 heterocycles. The Labute approximate surface area is 145 Å². The van der Waals surface area contributed by atoms with Crippen LogP contribution in [0.1, 0.15) is 44.6 Å². The fraction of sp³-hybridized carbons (Fsp3) is 0.632. The van der Waals surface area contributed by atoms with Crippen molar-refractivity contribution in [2.45, 2.75) is 51.0 Å². The fourth-order valence-electron chi connectivity index (χ4n) is 2.97. The van der Waals surface area contributed by atoms with Crippen LogP contribution < -0.4 is 10.6 Å². The first kappa shape index (κ1) is 18.7. The Hall–Kier alpha value is -1.59. The van der Waals surface area contributed by atoms with Gasteiger partial charge in [-0.05, 0) is 50.4 Å². The van der Waals surface area contributed by atoms with Gasteiger partial charge in [0, 0.05) is 25.3 Å². The number of hydrogen-bond donors (Lipinski definition) is 3. The van der Waals surface area contributed by atoms with Crippen molar-refractivity contribution in [3.63, 3.8) is 0 Å². The van der Waals surface area contributed by atoms with Crippen molar-refractivity contribution in [1.82, 2.24) is 10.2 Å². The Balaban J connectivity index is 1.74. The maximum Gasteiger partial charge on any atom is 0.319 e. The molecule has 0 unspecified atom stereocenters. The maximum atomic E-state index is 12.0. The summed E-state index contributed by atoms with van der Waals surface area (Å²) in [6, 6.07) is 7.74. The van der Waals surface area contributed by atoms with Gasteiger partial charge in [-0.3, -0.25) is 0 Å². The second-order valence-corrected chi connectivity index (χ2v) is 6.99. The van der Waals surface area contributed by atoms with E-state index in [0.29, 0.717) is 19.4 Å². The minimum atomic E-state index is -0.785. The molecule has 3 N–H and O–H groups in total. The molecule has 1 aliphatic heterocycles. The predicted octanol–water partition coefficient (Wildman–Crippen LogP) is 3.00. The number of unbranched alkanes of at least 4 members (excludes halogenated alkanes) is 2. The first-order chi connectivity index (χ1) is 11.5. The SMILES string of the molecule is CCCCCc1ccc(NC(=O)NCC2(O)CCN(C)CC2)cc1. The fourth-order valence-corrected chi connectivity index (χ4v) is 2.97. The van der Waals surface area contributed by atoms with E-state index in [1.165, 1.54) is 24.8 Å². The van der Waals surface area contributed by atoms with Gasteiger partial charge >= 0.3 is 6.03 Å². The number of rotatable bonds is 7. The third-order valence-electron chi connectivity index (χ3n) is 4.78. The zero-order valence-corrected chi connectivity index (χ0v) is 15.0. The summed E-state index contributed by atoms with van der Waals surface area (Å²) in [5, 5.41) is 16.1. The standard InChI is InChI=1S/C19H31N3O2/c1-3-4-5-6-16-7-9-17(10-8-16)21-18(23)20-15-19(24)11-13-22(2)14-12-19/h7-10,24H,3-6,11-15H2,1-2H3,(H2,20,21,23). The highest BCUT2D eigenvalue weighted by molar-refractivity contribution is 5.89. The molecule has 24 heavy (non-hydrogen) atoms. The number of aliphatic hydroxyl groups is 1. The summed E-state index contributed by atoms with van der Waals surface area (Å²) in [4.78, 5) is 14.2. The Morgan fingerprint density at radius 1 is 1.21 bits per heavy atom. The van der Waals surface area contributed by atoms with Gasteiger partial charge in [-0.25, -0.2) is 4.79 Å². The number of piperidine rings is 1. The largest absolute Gasteiger partial charge is 0.388 e. The molecule has 0 aromatic heterocycles. The van der Waals surface area contributed by atoms with E-state index in [1.54, 1.807) is 0 Å². The first-order valence-electron chi connectivity index (χ1n) is 9.05. The van der Waals surface area contributed by atoms with Gasteiger partial charge in [0.15, 0.2) is 0 Å². The van der Waals surface area contributed by atoms with Gasteiger partial charge in [-0.2, -0.15) is 0 Å². The van der Waals surface area contributed by atoms with Crippen molar-refractivity contribution in [2.24, 2.45) is 0 Å². The zero-order valence-electron chi connectivity index (χ0n) is 15.0.